The standard InChI is InChI=1S/C18H25N5O2.HI/c1-12-9-15(12)22-18(19-2)21-10-13-3-5-14(6-4-13)17(25)23-8-7-20-16(24)11-23;/h3-6,12,15H,7-11H2,1-2H3,(H,20,24)(H2,19,21,22);1H. The van der Waals surface area contributed by atoms with Crippen LogP contribution in [0.4, 0.5) is 0 Å². The Bertz CT molecular complexity index is 677. The first-order valence-corrected chi connectivity index (χ1v) is 8.69. The van der Waals surface area contributed by atoms with E-state index < -0.39 is 0 Å². The van der Waals surface area contributed by atoms with Crippen LogP contribution in [-0.4, -0.2) is 55.4 Å². The fourth-order valence-electron chi connectivity index (χ4n) is 2.84. The first-order valence-electron chi connectivity index (χ1n) is 8.69. The fraction of sp³-hybridized carbons (Fsp3) is 0.500. The van der Waals surface area contributed by atoms with E-state index in [4.69, 9.17) is 0 Å². The van der Waals surface area contributed by atoms with Gasteiger partial charge in [-0.2, -0.15) is 0 Å². The van der Waals surface area contributed by atoms with Crippen LogP contribution in [0, 0.1) is 5.92 Å². The lowest BCUT2D eigenvalue weighted by atomic mass is 10.1. The highest BCUT2D eigenvalue weighted by Crippen LogP contribution is 2.28. The van der Waals surface area contributed by atoms with E-state index >= 15 is 0 Å². The second-order valence-electron chi connectivity index (χ2n) is 6.66. The molecule has 0 spiro atoms. The largest absolute Gasteiger partial charge is 0.353 e. The van der Waals surface area contributed by atoms with Crippen LogP contribution in [0.1, 0.15) is 29.3 Å². The summed E-state index contributed by atoms with van der Waals surface area (Å²) in [5.74, 6) is 1.30. The average Bonchev–Trinajstić information content (AvgIpc) is 3.33. The molecule has 1 saturated carbocycles. The Morgan fingerprint density at radius 1 is 1.35 bits per heavy atom. The third-order valence-corrected chi connectivity index (χ3v) is 4.64. The van der Waals surface area contributed by atoms with E-state index in [-0.39, 0.29) is 42.3 Å². The predicted molar refractivity (Wildman–Crippen MR) is 112 cm³/mol. The van der Waals surface area contributed by atoms with Gasteiger partial charge in [0.2, 0.25) is 5.91 Å². The summed E-state index contributed by atoms with van der Waals surface area (Å²) in [7, 11) is 1.76. The van der Waals surface area contributed by atoms with Gasteiger partial charge in [0.05, 0.1) is 6.54 Å². The Hall–Kier alpha value is -1.84. The number of nitrogens with one attached hydrogen (secondary N) is 3. The number of nitrogens with zero attached hydrogens (tertiary/aromatic N) is 2. The van der Waals surface area contributed by atoms with Crippen molar-refractivity contribution in [2.75, 3.05) is 26.7 Å². The third-order valence-electron chi connectivity index (χ3n) is 4.64. The summed E-state index contributed by atoms with van der Waals surface area (Å²) >= 11 is 0. The third kappa shape index (κ3) is 5.33. The van der Waals surface area contributed by atoms with Crippen molar-refractivity contribution in [2.45, 2.75) is 25.9 Å². The van der Waals surface area contributed by atoms with Crippen LogP contribution in [0.5, 0.6) is 0 Å². The van der Waals surface area contributed by atoms with Crippen molar-refractivity contribution in [1.29, 1.82) is 0 Å². The maximum atomic E-state index is 12.4. The molecule has 1 aromatic rings. The van der Waals surface area contributed by atoms with Crippen LogP contribution >= 0.6 is 24.0 Å². The number of piperazine rings is 1. The summed E-state index contributed by atoms with van der Waals surface area (Å²) < 4.78 is 0. The van der Waals surface area contributed by atoms with Gasteiger partial charge in [-0.15, -0.1) is 24.0 Å². The van der Waals surface area contributed by atoms with Gasteiger partial charge in [-0.1, -0.05) is 19.1 Å². The first-order chi connectivity index (χ1) is 12.1. The molecule has 0 bridgehead atoms. The lowest BCUT2D eigenvalue weighted by molar-refractivity contribution is -0.123. The number of aliphatic imine (C=N–C) groups is 1. The minimum absolute atomic E-state index is 0. The Balaban J connectivity index is 0.00000243. The van der Waals surface area contributed by atoms with E-state index in [0.717, 1.165) is 11.5 Å². The van der Waals surface area contributed by atoms with E-state index in [9.17, 15) is 9.59 Å². The second kappa shape index (κ2) is 9.20. The first kappa shape index (κ1) is 20.5. The van der Waals surface area contributed by atoms with Gasteiger partial charge in [-0.05, 0) is 30.0 Å². The molecule has 2 atom stereocenters. The van der Waals surface area contributed by atoms with E-state index in [1.54, 1.807) is 11.9 Å². The second-order valence-corrected chi connectivity index (χ2v) is 6.66. The normalized spacial score (nSPS) is 22.2. The lowest BCUT2D eigenvalue weighted by Crippen LogP contribution is -2.49. The molecular formula is C18H26IN5O2. The zero-order chi connectivity index (χ0) is 17.8. The number of benzene rings is 1. The molecule has 2 aliphatic rings. The molecule has 1 saturated heterocycles. The maximum absolute atomic E-state index is 12.4. The number of hydrogen-bond acceptors (Lipinski definition) is 3. The van der Waals surface area contributed by atoms with E-state index in [0.29, 0.717) is 37.2 Å². The minimum Gasteiger partial charge on any atom is -0.353 e. The number of amides is 2. The smallest absolute Gasteiger partial charge is 0.254 e. The number of carbonyl (C=O) groups is 2. The topological polar surface area (TPSA) is 85.8 Å². The highest BCUT2D eigenvalue weighted by atomic mass is 127. The highest BCUT2D eigenvalue weighted by Gasteiger charge is 2.33. The summed E-state index contributed by atoms with van der Waals surface area (Å²) in [6, 6.07) is 8.00. The summed E-state index contributed by atoms with van der Waals surface area (Å²) in [6.45, 7) is 4.05. The van der Waals surface area contributed by atoms with Crippen molar-refractivity contribution in [1.82, 2.24) is 20.9 Å². The summed E-state index contributed by atoms with van der Waals surface area (Å²) in [5, 5.41) is 9.39. The van der Waals surface area contributed by atoms with Gasteiger partial charge >= 0.3 is 0 Å². The fourth-order valence-corrected chi connectivity index (χ4v) is 2.84. The molecule has 1 heterocycles. The predicted octanol–water partition coefficient (Wildman–Crippen LogP) is 0.950. The lowest BCUT2D eigenvalue weighted by Gasteiger charge is -2.26. The summed E-state index contributed by atoms with van der Waals surface area (Å²) in [4.78, 5) is 29.6. The zero-order valence-electron chi connectivity index (χ0n) is 15.1. The molecule has 2 fully saturated rings. The van der Waals surface area contributed by atoms with Crippen LogP contribution in [0.2, 0.25) is 0 Å². The van der Waals surface area contributed by atoms with Gasteiger partial charge in [0, 0.05) is 38.3 Å². The molecule has 0 radical (unpaired) electrons. The van der Waals surface area contributed by atoms with Crippen molar-refractivity contribution in [3.8, 4) is 0 Å². The molecule has 7 nitrogen and oxygen atoms in total. The molecule has 8 heteroatoms. The molecule has 2 amide bonds. The Morgan fingerprint density at radius 2 is 2.04 bits per heavy atom. The molecule has 0 aromatic heterocycles. The maximum Gasteiger partial charge on any atom is 0.254 e. The number of rotatable bonds is 4. The Kier molecular flexibility index (Phi) is 7.24. The molecule has 3 N–H and O–H groups in total. The number of guanidine groups is 1. The summed E-state index contributed by atoms with van der Waals surface area (Å²) in [5.41, 5.74) is 1.67. The van der Waals surface area contributed by atoms with E-state index in [1.807, 2.05) is 24.3 Å². The SMILES string of the molecule is CN=C(NCc1ccc(C(=O)N2CCNC(=O)C2)cc1)NC1CC1C.I. The number of carbonyl (C=O) groups excluding carboxylic acids is 2. The van der Waals surface area contributed by atoms with Gasteiger partial charge in [-0.25, -0.2) is 0 Å². The van der Waals surface area contributed by atoms with E-state index in [2.05, 4.69) is 27.9 Å². The van der Waals surface area contributed by atoms with Crippen LogP contribution in [0.25, 0.3) is 0 Å². The van der Waals surface area contributed by atoms with Crippen LogP contribution < -0.4 is 16.0 Å². The number of hydrogen-bond donors (Lipinski definition) is 3. The van der Waals surface area contributed by atoms with Gasteiger partial charge < -0.3 is 20.9 Å². The van der Waals surface area contributed by atoms with Crippen molar-refractivity contribution in [3.63, 3.8) is 0 Å². The molecule has 2 unspecified atom stereocenters. The van der Waals surface area contributed by atoms with Gasteiger partial charge in [-0.3, -0.25) is 14.6 Å². The summed E-state index contributed by atoms with van der Waals surface area (Å²) in [6.07, 6.45) is 1.19. The van der Waals surface area contributed by atoms with Crippen molar-refractivity contribution in [3.05, 3.63) is 35.4 Å². The molecule has 3 rings (SSSR count). The zero-order valence-corrected chi connectivity index (χ0v) is 17.4. The monoisotopic (exact) mass is 471 g/mol. The molecule has 1 aliphatic carbocycles. The molecule has 1 aliphatic heterocycles. The van der Waals surface area contributed by atoms with Gasteiger partial charge in [0.15, 0.2) is 5.96 Å². The van der Waals surface area contributed by atoms with Crippen molar-refractivity contribution in [2.24, 2.45) is 10.9 Å². The van der Waals surface area contributed by atoms with Gasteiger partial charge in [0.1, 0.15) is 0 Å². The van der Waals surface area contributed by atoms with E-state index in [1.165, 1.54) is 6.42 Å². The molecule has 142 valence electrons. The quantitative estimate of drug-likeness (QED) is 0.347. The molecular weight excluding hydrogens is 445 g/mol. The molecule has 1 aromatic carbocycles. The van der Waals surface area contributed by atoms with Gasteiger partial charge in [0.25, 0.3) is 5.91 Å². The Labute approximate surface area is 171 Å². The van der Waals surface area contributed by atoms with Crippen LogP contribution in [0.3, 0.4) is 0 Å². The number of halogens is 1. The van der Waals surface area contributed by atoms with Crippen molar-refractivity contribution < 1.29 is 9.59 Å². The van der Waals surface area contributed by atoms with Crippen molar-refractivity contribution >= 4 is 41.8 Å². The van der Waals surface area contributed by atoms with Crippen LogP contribution in [-0.2, 0) is 11.3 Å². The highest BCUT2D eigenvalue weighted by molar-refractivity contribution is 14.0. The van der Waals surface area contributed by atoms with Crippen LogP contribution in [0.15, 0.2) is 29.3 Å². The average molecular weight is 471 g/mol. The minimum atomic E-state index is -0.107. The molecule has 26 heavy (non-hydrogen) atoms. The Morgan fingerprint density at radius 3 is 2.62 bits per heavy atom.